The topological polar surface area (TPSA) is 26.3 Å². The molecular weight excluding hydrogens is 228 g/mol. The van der Waals surface area contributed by atoms with Crippen molar-refractivity contribution in [2.75, 3.05) is 61.0 Å². The summed E-state index contributed by atoms with van der Waals surface area (Å²) in [5.74, 6) is 0.795. The van der Waals surface area contributed by atoms with Crippen molar-refractivity contribution in [2.24, 2.45) is 11.8 Å². The molecule has 1 atom stereocenters. The third kappa shape index (κ3) is 3.23. The SMILES string of the molecule is C[N+](C)(C)CCOC(=O)C1C[N+]2(C)CCC1CC2. The van der Waals surface area contributed by atoms with E-state index in [0.29, 0.717) is 12.5 Å². The molecule has 0 saturated carbocycles. The molecular formula is C14H28N2O2+2. The van der Waals surface area contributed by atoms with E-state index in [9.17, 15) is 4.79 Å². The van der Waals surface area contributed by atoms with Crippen LogP contribution in [-0.4, -0.2) is 75.9 Å². The Morgan fingerprint density at radius 3 is 2.39 bits per heavy atom. The van der Waals surface area contributed by atoms with Crippen molar-refractivity contribution in [2.45, 2.75) is 12.8 Å². The maximum absolute atomic E-state index is 12.2. The quantitative estimate of drug-likeness (QED) is 0.547. The summed E-state index contributed by atoms with van der Waals surface area (Å²) in [6.45, 7) is 4.92. The van der Waals surface area contributed by atoms with Crippen LogP contribution in [0, 0.1) is 11.8 Å². The van der Waals surface area contributed by atoms with Gasteiger partial charge in [-0.15, -0.1) is 0 Å². The fraction of sp³-hybridized carbons (Fsp3) is 0.929. The number of fused-ring (bicyclic) bond motifs is 3. The Labute approximate surface area is 111 Å². The van der Waals surface area contributed by atoms with Crippen LogP contribution in [0.25, 0.3) is 0 Å². The molecule has 3 heterocycles. The van der Waals surface area contributed by atoms with E-state index < -0.39 is 0 Å². The second-order valence-corrected chi connectivity index (χ2v) is 7.37. The Bertz CT molecular complexity index is 314. The lowest BCUT2D eigenvalue weighted by Crippen LogP contribution is -2.61. The second kappa shape index (κ2) is 4.82. The number of carbonyl (C=O) groups excluding carboxylic acids is 1. The van der Waals surface area contributed by atoms with Crippen LogP contribution in [0.4, 0.5) is 0 Å². The highest BCUT2D eigenvalue weighted by molar-refractivity contribution is 5.73. The minimum atomic E-state index is 0.0530. The Kier molecular flexibility index (Phi) is 3.70. The van der Waals surface area contributed by atoms with Crippen molar-refractivity contribution in [3.8, 4) is 0 Å². The summed E-state index contributed by atoms with van der Waals surface area (Å²) in [4.78, 5) is 12.2. The average Bonchev–Trinajstić information content (AvgIpc) is 2.27. The lowest BCUT2D eigenvalue weighted by molar-refractivity contribution is -0.927. The van der Waals surface area contributed by atoms with Gasteiger partial charge in [-0.05, 0) is 5.92 Å². The molecule has 0 aliphatic carbocycles. The van der Waals surface area contributed by atoms with Gasteiger partial charge in [0.15, 0.2) is 0 Å². The molecule has 4 nitrogen and oxygen atoms in total. The molecule has 104 valence electrons. The van der Waals surface area contributed by atoms with E-state index in [0.717, 1.165) is 22.1 Å². The molecule has 3 rings (SSSR count). The molecule has 0 radical (unpaired) electrons. The van der Waals surface area contributed by atoms with Crippen LogP contribution in [0.1, 0.15) is 12.8 Å². The van der Waals surface area contributed by atoms with Crippen LogP contribution in [0.3, 0.4) is 0 Å². The highest BCUT2D eigenvalue weighted by Crippen LogP contribution is 2.36. The number of hydrogen-bond acceptors (Lipinski definition) is 2. The van der Waals surface area contributed by atoms with Crippen LogP contribution in [-0.2, 0) is 9.53 Å². The molecule has 3 saturated heterocycles. The Hall–Kier alpha value is -0.610. The highest BCUT2D eigenvalue weighted by atomic mass is 16.5. The van der Waals surface area contributed by atoms with E-state index in [-0.39, 0.29) is 11.9 Å². The van der Waals surface area contributed by atoms with Crippen LogP contribution in [0.15, 0.2) is 0 Å². The van der Waals surface area contributed by atoms with E-state index in [1.54, 1.807) is 0 Å². The molecule has 3 aliphatic heterocycles. The molecule has 3 aliphatic rings. The van der Waals surface area contributed by atoms with E-state index in [1.165, 1.54) is 25.9 Å². The smallest absolute Gasteiger partial charge is 0.315 e. The van der Waals surface area contributed by atoms with Crippen molar-refractivity contribution in [3.05, 3.63) is 0 Å². The first-order valence-corrected chi connectivity index (χ1v) is 7.10. The van der Waals surface area contributed by atoms with Gasteiger partial charge in [-0.1, -0.05) is 0 Å². The van der Waals surface area contributed by atoms with Gasteiger partial charge in [0.05, 0.1) is 47.8 Å². The number of esters is 1. The fourth-order valence-electron chi connectivity index (χ4n) is 3.21. The number of piperidine rings is 3. The van der Waals surface area contributed by atoms with E-state index >= 15 is 0 Å². The van der Waals surface area contributed by atoms with Gasteiger partial charge in [0, 0.05) is 12.8 Å². The zero-order chi connectivity index (χ0) is 13.4. The Morgan fingerprint density at radius 1 is 1.28 bits per heavy atom. The molecule has 0 aromatic carbocycles. The summed E-state index contributed by atoms with van der Waals surface area (Å²) in [6, 6.07) is 0. The van der Waals surface area contributed by atoms with Crippen LogP contribution >= 0.6 is 0 Å². The fourth-order valence-corrected chi connectivity index (χ4v) is 3.21. The number of nitrogens with zero attached hydrogens (tertiary/aromatic N) is 2. The summed E-state index contributed by atoms with van der Waals surface area (Å²) >= 11 is 0. The monoisotopic (exact) mass is 256 g/mol. The molecule has 0 amide bonds. The minimum Gasteiger partial charge on any atom is -0.459 e. The van der Waals surface area contributed by atoms with Crippen molar-refractivity contribution in [1.82, 2.24) is 0 Å². The normalized spacial score (nSPS) is 35.6. The molecule has 0 aromatic rings. The van der Waals surface area contributed by atoms with E-state index in [2.05, 4.69) is 28.2 Å². The molecule has 2 bridgehead atoms. The van der Waals surface area contributed by atoms with Gasteiger partial charge in [-0.25, -0.2) is 0 Å². The van der Waals surface area contributed by atoms with Crippen molar-refractivity contribution in [1.29, 1.82) is 0 Å². The summed E-state index contributed by atoms with van der Waals surface area (Å²) in [5.41, 5.74) is 0. The summed E-state index contributed by atoms with van der Waals surface area (Å²) in [7, 11) is 8.64. The van der Waals surface area contributed by atoms with Gasteiger partial charge in [0.25, 0.3) is 0 Å². The first kappa shape index (κ1) is 13.8. The maximum Gasteiger partial charge on any atom is 0.315 e. The van der Waals surface area contributed by atoms with Crippen LogP contribution < -0.4 is 0 Å². The minimum absolute atomic E-state index is 0.0530. The lowest BCUT2D eigenvalue weighted by Gasteiger charge is -2.49. The second-order valence-electron chi connectivity index (χ2n) is 7.37. The standard InChI is InChI=1S/C14H28N2O2/c1-15(2,3)9-10-18-14(17)13-11-16(4)7-5-12(13)6-8-16/h12-13H,5-11H2,1-4H3/q+2. The molecule has 0 N–H and O–H groups in total. The summed E-state index contributed by atoms with van der Waals surface area (Å²) < 4.78 is 7.41. The largest absolute Gasteiger partial charge is 0.459 e. The molecule has 4 heteroatoms. The van der Waals surface area contributed by atoms with E-state index in [4.69, 9.17) is 4.74 Å². The van der Waals surface area contributed by atoms with Crippen molar-refractivity contribution in [3.63, 3.8) is 0 Å². The molecule has 0 spiro atoms. The number of ether oxygens (including phenoxy) is 1. The summed E-state index contributed by atoms with van der Waals surface area (Å²) in [5, 5.41) is 0. The van der Waals surface area contributed by atoms with Gasteiger partial charge in [0.1, 0.15) is 19.1 Å². The number of hydrogen-bond donors (Lipinski definition) is 0. The average molecular weight is 256 g/mol. The van der Waals surface area contributed by atoms with Crippen molar-refractivity contribution < 1.29 is 18.5 Å². The molecule has 3 fully saturated rings. The zero-order valence-corrected chi connectivity index (χ0v) is 12.3. The summed E-state index contributed by atoms with van der Waals surface area (Å²) in [6.07, 6.45) is 2.40. The number of carbonyl (C=O) groups is 1. The van der Waals surface area contributed by atoms with Crippen LogP contribution in [0.5, 0.6) is 0 Å². The third-order valence-electron chi connectivity index (χ3n) is 4.60. The highest BCUT2D eigenvalue weighted by Gasteiger charge is 2.47. The van der Waals surface area contributed by atoms with E-state index in [1.807, 2.05) is 0 Å². The number of likely N-dealkylation sites (N-methyl/N-ethyl adjacent to an activating group) is 1. The molecule has 18 heavy (non-hydrogen) atoms. The first-order chi connectivity index (χ1) is 8.29. The first-order valence-electron chi connectivity index (χ1n) is 7.10. The molecule has 0 aromatic heterocycles. The zero-order valence-electron chi connectivity index (χ0n) is 12.3. The van der Waals surface area contributed by atoms with Gasteiger partial charge < -0.3 is 13.7 Å². The lowest BCUT2D eigenvalue weighted by atomic mass is 9.77. The van der Waals surface area contributed by atoms with Gasteiger partial charge in [0.2, 0.25) is 0 Å². The predicted octanol–water partition coefficient (Wildman–Crippen LogP) is 0.722. The van der Waals surface area contributed by atoms with Gasteiger partial charge >= 0.3 is 5.97 Å². The maximum atomic E-state index is 12.2. The number of rotatable bonds is 4. The third-order valence-corrected chi connectivity index (χ3v) is 4.60. The van der Waals surface area contributed by atoms with Gasteiger partial charge in [-0.3, -0.25) is 4.79 Å². The van der Waals surface area contributed by atoms with Gasteiger partial charge in [-0.2, -0.15) is 0 Å². The van der Waals surface area contributed by atoms with Crippen molar-refractivity contribution >= 4 is 5.97 Å². The predicted molar refractivity (Wildman–Crippen MR) is 70.9 cm³/mol. The number of quaternary nitrogens is 2. The van der Waals surface area contributed by atoms with Crippen LogP contribution in [0.2, 0.25) is 0 Å². The molecule has 1 unspecified atom stereocenters. The Balaban J connectivity index is 1.83. The Morgan fingerprint density at radius 2 is 1.89 bits per heavy atom.